The molecule has 264 valence electrons. The molecule has 11 rings (SSSR count). The van der Waals surface area contributed by atoms with Crippen molar-refractivity contribution in [2.75, 3.05) is 4.90 Å². The number of rotatable bonds is 6. The van der Waals surface area contributed by atoms with Gasteiger partial charge in [0.15, 0.2) is 0 Å². The summed E-state index contributed by atoms with van der Waals surface area (Å²) in [5, 5.41) is 7.71. The van der Waals surface area contributed by atoms with Crippen LogP contribution in [0.25, 0.3) is 77.4 Å². The van der Waals surface area contributed by atoms with Gasteiger partial charge in [-0.05, 0) is 128 Å². The number of benzene rings is 9. The van der Waals surface area contributed by atoms with Gasteiger partial charge in [0, 0.05) is 33.5 Å². The normalized spacial score (nSPS) is 12.4. The maximum atomic E-state index is 2.40. The number of aromatic nitrogens is 1. The lowest BCUT2D eigenvalue weighted by Crippen LogP contribution is -2.10. The highest BCUT2D eigenvalue weighted by atomic mass is 15.1. The zero-order chi connectivity index (χ0) is 37.0. The molecule has 0 spiro atoms. The summed E-state index contributed by atoms with van der Waals surface area (Å²) in [5.74, 6) is 0. The van der Waals surface area contributed by atoms with Crippen LogP contribution >= 0.6 is 0 Å². The lowest BCUT2D eigenvalue weighted by molar-refractivity contribution is 0.990. The molecule has 0 N–H and O–H groups in total. The predicted octanol–water partition coefficient (Wildman–Crippen LogP) is 14.9. The quantitative estimate of drug-likeness (QED) is 0.166. The van der Waals surface area contributed by atoms with Crippen molar-refractivity contribution in [1.29, 1.82) is 0 Å². The number of aryl methyl sites for hydroxylation is 1. The van der Waals surface area contributed by atoms with Gasteiger partial charge in [-0.1, -0.05) is 146 Å². The number of nitrogens with zero attached hydrogens (tertiary/aromatic N) is 2. The van der Waals surface area contributed by atoms with Crippen molar-refractivity contribution in [3.63, 3.8) is 0 Å². The molecule has 0 unspecified atom stereocenters. The lowest BCUT2D eigenvalue weighted by atomic mass is 9.92. The van der Waals surface area contributed by atoms with Crippen molar-refractivity contribution < 1.29 is 0 Å². The van der Waals surface area contributed by atoms with Gasteiger partial charge >= 0.3 is 0 Å². The smallest absolute Gasteiger partial charge is 0.0547 e. The highest BCUT2D eigenvalue weighted by Gasteiger charge is 2.18. The Morgan fingerprint density at radius 2 is 1.09 bits per heavy atom. The number of anilines is 3. The Hall–Kier alpha value is -7.16. The third-order valence-corrected chi connectivity index (χ3v) is 11.6. The van der Waals surface area contributed by atoms with Crippen LogP contribution in [0.2, 0.25) is 0 Å². The first kappa shape index (κ1) is 32.3. The first-order valence-corrected chi connectivity index (χ1v) is 19.6. The van der Waals surface area contributed by atoms with Crippen LogP contribution in [0.15, 0.2) is 200 Å². The van der Waals surface area contributed by atoms with Crippen molar-refractivity contribution in [2.24, 2.45) is 0 Å². The van der Waals surface area contributed by atoms with Crippen LogP contribution in [-0.4, -0.2) is 4.57 Å². The van der Waals surface area contributed by atoms with E-state index in [9.17, 15) is 0 Å². The Labute approximate surface area is 326 Å². The molecule has 2 heteroatoms. The number of fused-ring (bicyclic) bond motifs is 8. The second kappa shape index (κ2) is 13.3. The molecule has 0 saturated heterocycles. The fraction of sp³-hybridized carbons (Fsp3) is 0.0370. The molecule has 0 amide bonds. The molecule has 0 bridgehead atoms. The maximum Gasteiger partial charge on any atom is 0.0547 e. The van der Waals surface area contributed by atoms with E-state index in [0.29, 0.717) is 0 Å². The molecule has 56 heavy (non-hydrogen) atoms. The molecule has 2 nitrogen and oxygen atoms in total. The van der Waals surface area contributed by atoms with Gasteiger partial charge in [0.05, 0.1) is 11.0 Å². The Kier molecular flexibility index (Phi) is 7.67. The van der Waals surface area contributed by atoms with Gasteiger partial charge < -0.3 is 9.47 Å². The zero-order valence-electron chi connectivity index (χ0n) is 30.9. The van der Waals surface area contributed by atoms with Crippen LogP contribution in [0.3, 0.4) is 0 Å². The largest absolute Gasteiger partial charge is 0.310 e. The minimum Gasteiger partial charge on any atom is -0.310 e. The van der Waals surface area contributed by atoms with E-state index in [4.69, 9.17) is 0 Å². The molecule has 1 heterocycles. The van der Waals surface area contributed by atoms with Gasteiger partial charge in [-0.3, -0.25) is 0 Å². The molecular formula is C54H38N2. The molecule has 0 atom stereocenters. The summed E-state index contributed by atoms with van der Waals surface area (Å²) >= 11 is 0. The molecule has 0 fully saturated rings. The van der Waals surface area contributed by atoms with E-state index in [1.807, 2.05) is 0 Å². The molecule has 1 aliphatic carbocycles. The van der Waals surface area contributed by atoms with Gasteiger partial charge in [0.1, 0.15) is 0 Å². The van der Waals surface area contributed by atoms with Crippen LogP contribution in [0.4, 0.5) is 17.1 Å². The second-order valence-corrected chi connectivity index (χ2v) is 14.9. The van der Waals surface area contributed by atoms with E-state index in [0.717, 1.165) is 35.6 Å². The SMILES string of the molecule is C1=Cc2c(ccc3cc(N(c4ccc(-c5ccc(-n6c7ccccc7c7c8ccccc8ccc76)cc5)cc4)c4cccc(-c5ccccc5)c4)ccc23)CC1. The highest BCUT2D eigenvalue weighted by molar-refractivity contribution is 6.21. The van der Waals surface area contributed by atoms with E-state index >= 15 is 0 Å². The third-order valence-electron chi connectivity index (χ3n) is 11.6. The average Bonchev–Trinajstić information content (AvgIpc) is 3.62. The van der Waals surface area contributed by atoms with Gasteiger partial charge in [0.2, 0.25) is 0 Å². The van der Waals surface area contributed by atoms with Crippen LogP contribution in [0.5, 0.6) is 0 Å². The van der Waals surface area contributed by atoms with Crippen LogP contribution in [-0.2, 0) is 6.42 Å². The molecule has 1 aromatic heterocycles. The average molecular weight is 715 g/mol. The Morgan fingerprint density at radius 3 is 1.95 bits per heavy atom. The van der Waals surface area contributed by atoms with Crippen molar-refractivity contribution >= 4 is 66.5 Å². The minimum atomic E-state index is 1.11. The van der Waals surface area contributed by atoms with Crippen LogP contribution in [0.1, 0.15) is 17.5 Å². The summed E-state index contributed by atoms with van der Waals surface area (Å²) in [5.41, 5.74) is 14.6. The standard InChI is InChI=1S/C54H38N2/c1-2-11-37(12-3-1)42-15-10-16-46(35-42)55(47-32-33-49-43(36-47)22-21-40-13-4-6-17-48(40)49)44-28-23-38(24-29-44)39-25-30-45(31-26-39)56-52-20-9-8-19-51(52)54-50-18-7-5-14-41(50)27-34-53(54)56/h1-3,5-12,14-36H,4,13H2. The molecule has 0 saturated carbocycles. The van der Waals surface area contributed by atoms with Crippen LogP contribution < -0.4 is 4.90 Å². The van der Waals surface area contributed by atoms with Crippen molar-refractivity contribution in [3.05, 3.63) is 211 Å². The summed E-state index contributed by atoms with van der Waals surface area (Å²) in [6, 6.07) is 71.1. The van der Waals surface area contributed by atoms with E-state index in [-0.39, 0.29) is 0 Å². The first-order valence-electron chi connectivity index (χ1n) is 19.6. The minimum absolute atomic E-state index is 1.11. The van der Waals surface area contributed by atoms with Gasteiger partial charge in [-0.15, -0.1) is 0 Å². The molecule has 1 aliphatic rings. The zero-order valence-corrected chi connectivity index (χ0v) is 30.9. The van der Waals surface area contributed by atoms with Gasteiger partial charge in [-0.2, -0.15) is 0 Å². The Bertz CT molecular complexity index is 3110. The topological polar surface area (TPSA) is 8.17 Å². The van der Waals surface area contributed by atoms with Crippen molar-refractivity contribution in [1.82, 2.24) is 4.57 Å². The van der Waals surface area contributed by atoms with E-state index in [1.165, 1.54) is 76.7 Å². The molecule has 10 aromatic rings. The molecule has 0 aliphatic heterocycles. The Balaban J connectivity index is 0.980. The van der Waals surface area contributed by atoms with Crippen LogP contribution in [0, 0.1) is 0 Å². The maximum absolute atomic E-state index is 2.40. The van der Waals surface area contributed by atoms with E-state index in [1.54, 1.807) is 0 Å². The van der Waals surface area contributed by atoms with E-state index in [2.05, 4.69) is 216 Å². The van der Waals surface area contributed by atoms with Gasteiger partial charge in [0.25, 0.3) is 0 Å². The predicted molar refractivity (Wildman–Crippen MR) is 239 cm³/mol. The van der Waals surface area contributed by atoms with Crippen molar-refractivity contribution in [2.45, 2.75) is 12.8 Å². The molecule has 0 radical (unpaired) electrons. The number of para-hydroxylation sites is 1. The number of hydrogen-bond acceptors (Lipinski definition) is 1. The number of hydrogen-bond donors (Lipinski definition) is 0. The molecule has 9 aromatic carbocycles. The highest BCUT2D eigenvalue weighted by Crippen LogP contribution is 2.41. The fourth-order valence-electron chi connectivity index (χ4n) is 8.91. The summed E-state index contributed by atoms with van der Waals surface area (Å²) in [7, 11) is 0. The third kappa shape index (κ3) is 5.41. The summed E-state index contributed by atoms with van der Waals surface area (Å²) in [4.78, 5) is 2.39. The lowest BCUT2D eigenvalue weighted by Gasteiger charge is -2.27. The first-order chi connectivity index (χ1) is 27.8. The molecular weight excluding hydrogens is 677 g/mol. The summed E-state index contributed by atoms with van der Waals surface area (Å²) in [6.45, 7) is 0. The second-order valence-electron chi connectivity index (χ2n) is 14.9. The number of allylic oxidation sites excluding steroid dienone is 1. The van der Waals surface area contributed by atoms with Gasteiger partial charge in [-0.25, -0.2) is 0 Å². The van der Waals surface area contributed by atoms with E-state index < -0.39 is 0 Å². The fourth-order valence-corrected chi connectivity index (χ4v) is 8.91. The van der Waals surface area contributed by atoms with Crippen molar-refractivity contribution in [3.8, 4) is 27.9 Å². The Morgan fingerprint density at radius 1 is 0.411 bits per heavy atom. The monoisotopic (exact) mass is 714 g/mol. The summed E-state index contributed by atoms with van der Waals surface area (Å²) < 4.78 is 2.40. The summed E-state index contributed by atoms with van der Waals surface area (Å²) in [6.07, 6.45) is 6.83.